The molecule has 0 bridgehead atoms. The van der Waals surface area contributed by atoms with Gasteiger partial charge in [0.25, 0.3) is 0 Å². The lowest BCUT2D eigenvalue weighted by atomic mass is 9.98. The van der Waals surface area contributed by atoms with Crippen LogP contribution in [-0.2, 0) is 6.54 Å². The minimum atomic E-state index is 0.110. The van der Waals surface area contributed by atoms with Gasteiger partial charge in [0.1, 0.15) is 0 Å². The van der Waals surface area contributed by atoms with Crippen molar-refractivity contribution in [1.29, 1.82) is 0 Å². The second-order valence-corrected chi connectivity index (χ2v) is 6.37. The highest BCUT2D eigenvalue weighted by atomic mass is 79.9. The predicted octanol–water partition coefficient (Wildman–Crippen LogP) is 4.72. The molecule has 114 valence electrons. The van der Waals surface area contributed by atoms with E-state index in [0.717, 1.165) is 34.7 Å². The maximum atomic E-state index is 6.09. The van der Waals surface area contributed by atoms with Crippen molar-refractivity contribution in [1.82, 2.24) is 15.1 Å². The van der Waals surface area contributed by atoms with Crippen molar-refractivity contribution in [3.63, 3.8) is 0 Å². The summed E-state index contributed by atoms with van der Waals surface area (Å²) in [5.41, 5.74) is 3.59. The second kappa shape index (κ2) is 7.43. The van der Waals surface area contributed by atoms with Gasteiger partial charge in [-0.2, -0.15) is 5.10 Å². The van der Waals surface area contributed by atoms with E-state index in [4.69, 9.17) is 11.6 Å². The van der Waals surface area contributed by atoms with E-state index in [-0.39, 0.29) is 6.04 Å². The fraction of sp³-hybridized carbons (Fsp3) is 0.438. The van der Waals surface area contributed by atoms with Gasteiger partial charge in [-0.3, -0.25) is 4.68 Å². The summed E-state index contributed by atoms with van der Waals surface area (Å²) in [6.07, 6.45) is 2.95. The van der Waals surface area contributed by atoms with Crippen LogP contribution in [0.2, 0.25) is 5.02 Å². The van der Waals surface area contributed by atoms with Crippen molar-refractivity contribution in [2.24, 2.45) is 0 Å². The molecule has 0 saturated carbocycles. The van der Waals surface area contributed by atoms with Gasteiger partial charge in [0.15, 0.2) is 0 Å². The van der Waals surface area contributed by atoms with Gasteiger partial charge < -0.3 is 5.32 Å². The van der Waals surface area contributed by atoms with E-state index in [1.807, 2.05) is 23.0 Å². The van der Waals surface area contributed by atoms with Crippen molar-refractivity contribution in [2.45, 2.75) is 39.8 Å². The summed E-state index contributed by atoms with van der Waals surface area (Å²) >= 11 is 9.73. The van der Waals surface area contributed by atoms with E-state index in [1.165, 1.54) is 11.1 Å². The normalized spacial score (nSPS) is 12.6. The third-order valence-corrected chi connectivity index (χ3v) is 4.39. The smallest absolute Gasteiger partial charge is 0.0762 e. The Morgan fingerprint density at radius 3 is 2.76 bits per heavy atom. The number of hydrogen-bond acceptors (Lipinski definition) is 2. The average molecular weight is 371 g/mol. The van der Waals surface area contributed by atoms with Crippen LogP contribution in [0, 0.1) is 6.92 Å². The maximum absolute atomic E-state index is 6.09. The molecule has 0 fully saturated rings. The van der Waals surface area contributed by atoms with Crippen LogP contribution in [0.1, 0.15) is 43.1 Å². The zero-order valence-corrected chi connectivity index (χ0v) is 15.0. The van der Waals surface area contributed by atoms with Gasteiger partial charge in [0.2, 0.25) is 0 Å². The SMILES string of the molecule is CCCNC(c1ccc(Cl)cc1C)c1c(Br)cnn1CC. The van der Waals surface area contributed by atoms with Crippen molar-refractivity contribution in [3.8, 4) is 0 Å². The minimum Gasteiger partial charge on any atom is -0.305 e. The fourth-order valence-corrected chi connectivity index (χ4v) is 3.27. The van der Waals surface area contributed by atoms with E-state index in [1.54, 1.807) is 0 Å². The molecule has 1 aromatic heterocycles. The van der Waals surface area contributed by atoms with E-state index >= 15 is 0 Å². The number of aryl methyl sites for hydroxylation is 2. The van der Waals surface area contributed by atoms with Crippen LogP contribution < -0.4 is 5.32 Å². The molecule has 5 heteroatoms. The molecule has 1 heterocycles. The van der Waals surface area contributed by atoms with Gasteiger partial charge in [0.05, 0.1) is 22.4 Å². The summed E-state index contributed by atoms with van der Waals surface area (Å²) in [6, 6.07) is 6.17. The lowest BCUT2D eigenvalue weighted by molar-refractivity contribution is 0.527. The van der Waals surface area contributed by atoms with Gasteiger partial charge in [-0.25, -0.2) is 0 Å². The van der Waals surface area contributed by atoms with Crippen LogP contribution >= 0.6 is 27.5 Å². The fourth-order valence-electron chi connectivity index (χ4n) is 2.52. The van der Waals surface area contributed by atoms with Gasteiger partial charge in [-0.05, 0) is 66.0 Å². The van der Waals surface area contributed by atoms with Gasteiger partial charge in [-0.15, -0.1) is 0 Å². The largest absolute Gasteiger partial charge is 0.305 e. The zero-order valence-electron chi connectivity index (χ0n) is 12.7. The van der Waals surface area contributed by atoms with Crippen LogP contribution in [0.3, 0.4) is 0 Å². The molecule has 1 unspecified atom stereocenters. The number of nitrogens with one attached hydrogen (secondary N) is 1. The summed E-state index contributed by atoms with van der Waals surface area (Å²) in [7, 11) is 0. The Kier molecular flexibility index (Phi) is 5.85. The standard InChI is InChI=1S/C16H21BrClN3/c1-4-8-19-15(13-7-6-12(18)9-11(13)3)16-14(17)10-20-21(16)5-2/h6-7,9-10,15,19H,4-5,8H2,1-3H3. The minimum absolute atomic E-state index is 0.110. The Morgan fingerprint density at radius 2 is 2.14 bits per heavy atom. The number of nitrogens with zero attached hydrogens (tertiary/aromatic N) is 2. The maximum Gasteiger partial charge on any atom is 0.0762 e. The molecule has 2 rings (SSSR count). The van der Waals surface area contributed by atoms with Crippen molar-refractivity contribution in [2.75, 3.05) is 6.54 Å². The van der Waals surface area contributed by atoms with Crippen molar-refractivity contribution in [3.05, 3.63) is 50.7 Å². The van der Waals surface area contributed by atoms with Crippen molar-refractivity contribution < 1.29 is 0 Å². The quantitative estimate of drug-likeness (QED) is 0.797. The molecule has 0 saturated heterocycles. The number of rotatable bonds is 6. The number of hydrogen-bond donors (Lipinski definition) is 1. The first kappa shape index (κ1) is 16.5. The van der Waals surface area contributed by atoms with Crippen LogP contribution in [0.15, 0.2) is 28.9 Å². The first-order valence-electron chi connectivity index (χ1n) is 7.29. The molecule has 3 nitrogen and oxygen atoms in total. The third-order valence-electron chi connectivity index (χ3n) is 3.55. The zero-order chi connectivity index (χ0) is 15.4. The highest BCUT2D eigenvalue weighted by Gasteiger charge is 2.22. The highest BCUT2D eigenvalue weighted by Crippen LogP contribution is 2.31. The first-order chi connectivity index (χ1) is 10.1. The summed E-state index contributed by atoms with van der Waals surface area (Å²) in [4.78, 5) is 0. The van der Waals surface area contributed by atoms with E-state index in [9.17, 15) is 0 Å². The Hall–Kier alpha value is -0.840. The monoisotopic (exact) mass is 369 g/mol. The van der Waals surface area contributed by atoms with Crippen LogP contribution in [0.5, 0.6) is 0 Å². The van der Waals surface area contributed by atoms with E-state index < -0.39 is 0 Å². The Bertz CT molecular complexity index is 610. The highest BCUT2D eigenvalue weighted by molar-refractivity contribution is 9.10. The molecule has 0 aliphatic carbocycles. The second-order valence-electron chi connectivity index (χ2n) is 5.08. The lowest BCUT2D eigenvalue weighted by Gasteiger charge is -2.22. The van der Waals surface area contributed by atoms with Crippen LogP contribution in [0.4, 0.5) is 0 Å². The Labute approximate surface area is 139 Å². The third kappa shape index (κ3) is 3.68. The molecule has 2 aromatic rings. The number of aromatic nitrogens is 2. The molecule has 0 amide bonds. The molecule has 1 N–H and O–H groups in total. The molecular formula is C16H21BrClN3. The van der Waals surface area contributed by atoms with E-state index in [2.05, 4.69) is 53.2 Å². The summed E-state index contributed by atoms with van der Waals surface area (Å²) in [5.74, 6) is 0. The summed E-state index contributed by atoms with van der Waals surface area (Å²) < 4.78 is 3.07. The average Bonchev–Trinajstić information content (AvgIpc) is 2.82. The summed E-state index contributed by atoms with van der Waals surface area (Å²) in [5, 5.41) is 8.84. The van der Waals surface area contributed by atoms with Gasteiger partial charge >= 0.3 is 0 Å². The van der Waals surface area contributed by atoms with Gasteiger partial charge in [-0.1, -0.05) is 24.6 Å². The summed E-state index contributed by atoms with van der Waals surface area (Å²) in [6.45, 7) is 8.17. The predicted molar refractivity (Wildman–Crippen MR) is 91.9 cm³/mol. The van der Waals surface area contributed by atoms with Crippen LogP contribution in [0.25, 0.3) is 0 Å². The molecule has 1 atom stereocenters. The first-order valence-corrected chi connectivity index (χ1v) is 8.46. The Morgan fingerprint density at radius 1 is 1.38 bits per heavy atom. The molecule has 0 aliphatic heterocycles. The molecule has 1 aromatic carbocycles. The lowest BCUT2D eigenvalue weighted by Crippen LogP contribution is -2.26. The topological polar surface area (TPSA) is 29.9 Å². The van der Waals surface area contributed by atoms with E-state index in [0.29, 0.717) is 0 Å². The van der Waals surface area contributed by atoms with Crippen LogP contribution in [-0.4, -0.2) is 16.3 Å². The Balaban J connectivity index is 2.49. The molecule has 0 aliphatic rings. The molecule has 0 spiro atoms. The molecule has 21 heavy (non-hydrogen) atoms. The van der Waals surface area contributed by atoms with Gasteiger partial charge in [0, 0.05) is 11.6 Å². The number of halogens is 2. The molecular weight excluding hydrogens is 350 g/mol. The number of benzene rings is 1. The van der Waals surface area contributed by atoms with Crippen molar-refractivity contribution >= 4 is 27.5 Å². The molecule has 0 radical (unpaired) electrons.